The van der Waals surface area contributed by atoms with Gasteiger partial charge in [-0.2, -0.15) is 0 Å². The number of likely N-dealkylation sites (N-methyl/N-ethyl adjacent to an activating group) is 1. The number of nitrogens with zero attached hydrogens (tertiary/aromatic N) is 3. The second kappa shape index (κ2) is 10.1. The Balaban J connectivity index is 1.47. The first-order valence-corrected chi connectivity index (χ1v) is 10.1. The second-order valence-electron chi connectivity index (χ2n) is 6.36. The first-order chi connectivity index (χ1) is 14.0. The summed E-state index contributed by atoms with van der Waals surface area (Å²) in [5.41, 5.74) is 1.76. The van der Waals surface area contributed by atoms with Crippen LogP contribution >= 0.6 is 22.9 Å². The van der Waals surface area contributed by atoms with Gasteiger partial charge in [-0.3, -0.25) is 9.59 Å². The molecule has 0 atom stereocenters. The Hall–Kier alpha value is -2.81. The molecule has 2 N–H and O–H groups in total. The van der Waals surface area contributed by atoms with E-state index < -0.39 is 5.91 Å². The molecule has 1 aromatic heterocycles. The summed E-state index contributed by atoms with van der Waals surface area (Å²) in [6.45, 7) is 1.94. The molecular weight excluding hydrogens is 410 g/mol. The van der Waals surface area contributed by atoms with E-state index in [1.807, 2.05) is 25.2 Å². The van der Waals surface area contributed by atoms with E-state index in [0.29, 0.717) is 23.8 Å². The van der Waals surface area contributed by atoms with Crippen LogP contribution in [0.3, 0.4) is 0 Å². The van der Waals surface area contributed by atoms with Crippen LogP contribution < -0.4 is 10.6 Å². The van der Waals surface area contributed by atoms with Crippen LogP contribution in [0.4, 0.5) is 5.69 Å². The predicted molar refractivity (Wildman–Crippen MR) is 114 cm³/mol. The van der Waals surface area contributed by atoms with Crippen molar-refractivity contribution in [1.82, 2.24) is 20.4 Å². The minimum atomic E-state index is -0.439. The number of amides is 2. The van der Waals surface area contributed by atoms with Gasteiger partial charge in [0.05, 0.1) is 0 Å². The summed E-state index contributed by atoms with van der Waals surface area (Å²) in [6.07, 6.45) is 0. The standard InChI is InChI=1S/C20H20ClN5O2S/c1-26(13-14-6-3-2-4-7-14)11-10-22-17(27)19-24-25-20(29-19)18(28)23-16-9-5-8-15(21)12-16/h2-9,12H,10-11,13H2,1H3,(H,22,27)(H,23,28). The second-order valence-corrected chi connectivity index (χ2v) is 7.77. The van der Waals surface area contributed by atoms with Gasteiger partial charge >= 0.3 is 0 Å². The number of aromatic nitrogens is 2. The minimum Gasteiger partial charge on any atom is -0.349 e. The Kier molecular flexibility index (Phi) is 7.29. The molecule has 9 heteroatoms. The van der Waals surface area contributed by atoms with Crippen molar-refractivity contribution in [2.45, 2.75) is 6.54 Å². The zero-order valence-corrected chi connectivity index (χ0v) is 17.3. The molecule has 3 aromatic rings. The molecule has 1 heterocycles. The summed E-state index contributed by atoms with van der Waals surface area (Å²) in [6, 6.07) is 16.9. The lowest BCUT2D eigenvalue weighted by atomic mass is 10.2. The van der Waals surface area contributed by atoms with E-state index in [9.17, 15) is 9.59 Å². The third-order valence-corrected chi connectivity index (χ3v) is 5.13. The summed E-state index contributed by atoms with van der Waals surface area (Å²) in [7, 11) is 1.99. The van der Waals surface area contributed by atoms with Gasteiger partial charge in [-0.05, 0) is 30.8 Å². The van der Waals surface area contributed by atoms with Gasteiger partial charge in [0.25, 0.3) is 11.8 Å². The summed E-state index contributed by atoms with van der Waals surface area (Å²) >= 11 is 6.84. The minimum absolute atomic E-state index is 0.108. The maximum Gasteiger partial charge on any atom is 0.286 e. The average molecular weight is 430 g/mol. The van der Waals surface area contributed by atoms with Crippen molar-refractivity contribution >= 4 is 40.4 Å². The molecule has 2 aromatic carbocycles. The van der Waals surface area contributed by atoms with Crippen LogP contribution in [0.1, 0.15) is 25.2 Å². The van der Waals surface area contributed by atoms with E-state index in [0.717, 1.165) is 17.9 Å². The largest absolute Gasteiger partial charge is 0.349 e. The topological polar surface area (TPSA) is 87.2 Å². The van der Waals surface area contributed by atoms with Crippen molar-refractivity contribution in [1.29, 1.82) is 0 Å². The molecule has 150 valence electrons. The van der Waals surface area contributed by atoms with Crippen molar-refractivity contribution in [3.63, 3.8) is 0 Å². The number of carbonyl (C=O) groups is 2. The fraction of sp³-hybridized carbons (Fsp3) is 0.200. The smallest absolute Gasteiger partial charge is 0.286 e. The molecule has 0 aliphatic rings. The zero-order valence-electron chi connectivity index (χ0n) is 15.8. The van der Waals surface area contributed by atoms with E-state index in [1.165, 1.54) is 5.56 Å². The van der Waals surface area contributed by atoms with Gasteiger partial charge in [0, 0.05) is 30.3 Å². The molecule has 0 spiro atoms. The quantitative estimate of drug-likeness (QED) is 0.573. The van der Waals surface area contributed by atoms with Crippen molar-refractivity contribution < 1.29 is 9.59 Å². The SMILES string of the molecule is CN(CCNC(=O)c1nnc(C(=O)Nc2cccc(Cl)c2)s1)Cc1ccccc1. The number of nitrogens with one attached hydrogen (secondary N) is 2. The molecule has 3 rings (SSSR count). The van der Waals surface area contributed by atoms with E-state index in [-0.39, 0.29) is 15.9 Å². The van der Waals surface area contributed by atoms with Crippen LogP contribution in [-0.4, -0.2) is 47.0 Å². The third kappa shape index (κ3) is 6.35. The van der Waals surface area contributed by atoms with Crippen LogP contribution in [0.2, 0.25) is 5.02 Å². The summed E-state index contributed by atoms with van der Waals surface area (Å²) in [5, 5.41) is 13.9. The number of hydrogen-bond acceptors (Lipinski definition) is 6. The van der Waals surface area contributed by atoms with Gasteiger partial charge in [0.15, 0.2) is 0 Å². The third-order valence-electron chi connectivity index (χ3n) is 3.97. The number of hydrogen-bond donors (Lipinski definition) is 2. The zero-order chi connectivity index (χ0) is 20.6. The van der Waals surface area contributed by atoms with Crippen molar-refractivity contribution in [3.05, 3.63) is 75.2 Å². The molecule has 0 aliphatic heterocycles. The normalized spacial score (nSPS) is 10.7. The lowest BCUT2D eigenvalue weighted by molar-refractivity contribution is 0.0947. The Morgan fingerprint density at radius 2 is 1.76 bits per heavy atom. The Bertz CT molecular complexity index is 980. The fourth-order valence-corrected chi connectivity index (χ4v) is 3.41. The maximum absolute atomic E-state index is 12.3. The molecule has 0 aliphatic carbocycles. The highest BCUT2D eigenvalue weighted by Crippen LogP contribution is 2.17. The van der Waals surface area contributed by atoms with Gasteiger partial charge in [0.1, 0.15) is 0 Å². The fourth-order valence-electron chi connectivity index (χ4n) is 2.57. The van der Waals surface area contributed by atoms with E-state index in [2.05, 4.69) is 37.9 Å². The molecule has 0 saturated heterocycles. The van der Waals surface area contributed by atoms with Crippen LogP contribution in [0.15, 0.2) is 54.6 Å². The number of halogens is 1. The first kappa shape index (κ1) is 20.9. The summed E-state index contributed by atoms with van der Waals surface area (Å²) in [4.78, 5) is 26.6. The molecule has 29 heavy (non-hydrogen) atoms. The van der Waals surface area contributed by atoms with Crippen LogP contribution in [0.25, 0.3) is 0 Å². The molecule has 0 saturated carbocycles. The number of rotatable bonds is 8. The Morgan fingerprint density at radius 1 is 1.03 bits per heavy atom. The van der Waals surface area contributed by atoms with E-state index >= 15 is 0 Å². The van der Waals surface area contributed by atoms with Gasteiger partial charge in [-0.15, -0.1) is 10.2 Å². The molecule has 0 bridgehead atoms. The lowest BCUT2D eigenvalue weighted by Crippen LogP contribution is -2.32. The monoisotopic (exact) mass is 429 g/mol. The molecule has 0 radical (unpaired) electrons. The Labute approximate surface area is 177 Å². The van der Waals surface area contributed by atoms with Gasteiger partial charge in [-0.1, -0.05) is 59.3 Å². The number of carbonyl (C=O) groups excluding carboxylic acids is 2. The van der Waals surface area contributed by atoms with E-state index in [4.69, 9.17) is 11.6 Å². The highest BCUT2D eigenvalue weighted by atomic mass is 35.5. The number of benzene rings is 2. The van der Waals surface area contributed by atoms with Crippen LogP contribution in [0, 0.1) is 0 Å². The van der Waals surface area contributed by atoms with Crippen molar-refractivity contribution in [3.8, 4) is 0 Å². The van der Waals surface area contributed by atoms with E-state index in [1.54, 1.807) is 24.3 Å². The van der Waals surface area contributed by atoms with Crippen LogP contribution in [-0.2, 0) is 6.54 Å². The molecule has 0 unspecified atom stereocenters. The molecule has 0 fully saturated rings. The Morgan fingerprint density at radius 3 is 2.48 bits per heavy atom. The van der Waals surface area contributed by atoms with Gasteiger partial charge in [-0.25, -0.2) is 0 Å². The highest BCUT2D eigenvalue weighted by molar-refractivity contribution is 7.15. The summed E-state index contributed by atoms with van der Waals surface area (Å²) < 4.78 is 0. The first-order valence-electron chi connectivity index (χ1n) is 8.92. The van der Waals surface area contributed by atoms with Gasteiger partial charge < -0.3 is 15.5 Å². The number of anilines is 1. The van der Waals surface area contributed by atoms with Crippen molar-refractivity contribution in [2.75, 3.05) is 25.5 Å². The van der Waals surface area contributed by atoms with Gasteiger partial charge in [0.2, 0.25) is 10.0 Å². The molecular formula is C20H20ClN5O2S. The molecule has 2 amide bonds. The summed E-state index contributed by atoms with van der Waals surface area (Å²) in [5.74, 6) is -0.788. The molecule has 7 nitrogen and oxygen atoms in total. The van der Waals surface area contributed by atoms with Crippen molar-refractivity contribution in [2.24, 2.45) is 0 Å². The average Bonchev–Trinajstić information content (AvgIpc) is 3.19. The lowest BCUT2D eigenvalue weighted by Gasteiger charge is -2.16. The van der Waals surface area contributed by atoms with Crippen LogP contribution in [0.5, 0.6) is 0 Å². The highest BCUT2D eigenvalue weighted by Gasteiger charge is 2.17. The predicted octanol–water partition coefficient (Wildman–Crippen LogP) is 3.31. The maximum atomic E-state index is 12.3.